The van der Waals surface area contributed by atoms with Crippen molar-refractivity contribution >= 4 is 21.8 Å². The van der Waals surface area contributed by atoms with E-state index in [0.717, 1.165) is 0 Å². The molecule has 110 valence electrons. The standard InChI is InChI=1S/C13H16BrF2N3O/c14-10-1-2-11(15)9(12(10)16)7-19-5-3-8(4-6-19)13(17)18-20/h1-2,8,20H,3-7H2,(H2,17,18). The summed E-state index contributed by atoms with van der Waals surface area (Å²) < 4.78 is 27.8. The third kappa shape index (κ3) is 3.27. The van der Waals surface area contributed by atoms with Crippen LogP contribution in [0.3, 0.4) is 0 Å². The Labute approximate surface area is 124 Å². The first-order valence-corrected chi connectivity index (χ1v) is 7.14. The summed E-state index contributed by atoms with van der Waals surface area (Å²) >= 11 is 3.06. The molecule has 0 aliphatic carbocycles. The molecule has 0 spiro atoms. The molecular weight excluding hydrogens is 332 g/mol. The van der Waals surface area contributed by atoms with E-state index in [2.05, 4.69) is 21.1 Å². The van der Waals surface area contributed by atoms with Crippen molar-refractivity contribution < 1.29 is 14.0 Å². The van der Waals surface area contributed by atoms with Crippen molar-refractivity contribution in [3.05, 3.63) is 33.8 Å². The third-order valence-electron chi connectivity index (χ3n) is 3.64. The molecule has 4 nitrogen and oxygen atoms in total. The van der Waals surface area contributed by atoms with Gasteiger partial charge >= 0.3 is 0 Å². The van der Waals surface area contributed by atoms with Gasteiger partial charge in [0.25, 0.3) is 0 Å². The lowest BCUT2D eigenvalue weighted by Crippen LogP contribution is -2.38. The van der Waals surface area contributed by atoms with Crippen molar-refractivity contribution in [1.29, 1.82) is 0 Å². The Morgan fingerprint density at radius 1 is 1.40 bits per heavy atom. The van der Waals surface area contributed by atoms with Crippen LogP contribution in [0.5, 0.6) is 0 Å². The predicted octanol–water partition coefficient (Wildman–Crippen LogP) is 2.69. The van der Waals surface area contributed by atoms with Crippen molar-refractivity contribution in [2.75, 3.05) is 13.1 Å². The van der Waals surface area contributed by atoms with Gasteiger partial charge in [-0.05, 0) is 54.0 Å². The molecule has 1 aromatic rings. The van der Waals surface area contributed by atoms with Crippen LogP contribution in [-0.4, -0.2) is 29.0 Å². The molecular formula is C13H16BrF2N3O. The number of rotatable bonds is 3. The number of hydrogen-bond donors (Lipinski definition) is 2. The highest BCUT2D eigenvalue weighted by Gasteiger charge is 2.24. The number of amidine groups is 1. The van der Waals surface area contributed by atoms with Gasteiger partial charge in [0.1, 0.15) is 17.5 Å². The molecule has 0 radical (unpaired) electrons. The summed E-state index contributed by atoms with van der Waals surface area (Å²) in [4.78, 5) is 1.97. The minimum Gasteiger partial charge on any atom is -0.409 e. The van der Waals surface area contributed by atoms with Crippen molar-refractivity contribution in [1.82, 2.24) is 4.90 Å². The molecule has 1 saturated heterocycles. The lowest BCUT2D eigenvalue weighted by atomic mass is 9.95. The number of halogens is 3. The fourth-order valence-electron chi connectivity index (χ4n) is 2.41. The Bertz CT molecular complexity index is 517. The first-order valence-electron chi connectivity index (χ1n) is 6.35. The van der Waals surface area contributed by atoms with Crippen molar-refractivity contribution in [2.45, 2.75) is 19.4 Å². The van der Waals surface area contributed by atoms with Crippen LogP contribution in [0.25, 0.3) is 0 Å². The lowest BCUT2D eigenvalue weighted by molar-refractivity contribution is 0.194. The molecule has 0 unspecified atom stereocenters. The first-order chi connectivity index (χ1) is 9.52. The van der Waals surface area contributed by atoms with E-state index in [0.29, 0.717) is 25.9 Å². The third-order valence-corrected chi connectivity index (χ3v) is 4.25. The molecule has 3 N–H and O–H groups in total. The topological polar surface area (TPSA) is 61.9 Å². The minimum absolute atomic E-state index is 0.0356. The van der Waals surface area contributed by atoms with Gasteiger partial charge in [0.05, 0.1) is 4.47 Å². The Morgan fingerprint density at radius 2 is 2.05 bits per heavy atom. The summed E-state index contributed by atoms with van der Waals surface area (Å²) in [6, 6.07) is 2.62. The number of hydrogen-bond acceptors (Lipinski definition) is 3. The summed E-state index contributed by atoms with van der Waals surface area (Å²) in [6.45, 7) is 1.54. The molecule has 0 bridgehead atoms. The van der Waals surface area contributed by atoms with Crippen molar-refractivity contribution in [2.24, 2.45) is 16.8 Å². The summed E-state index contributed by atoms with van der Waals surface area (Å²) in [5.41, 5.74) is 5.64. The van der Waals surface area contributed by atoms with E-state index in [1.165, 1.54) is 12.1 Å². The van der Waals surface area contributed by atoms with E-state index in [9.17, 15) is 8.78 Å². The van der Waals surface area contributed by atoms with Crippen LogP contribution in [-0.2, 0) is 6.54 Å². The van der Waals surface area contributed by atoms with Crippen LogP contribution < -0.4 is 5.73 Å². The quantitative estimate of drug-likeness (QED) is 0.290. The summed E-state index contributed by atoms with van der Waals surface area (Å²) in [6.07, 6.45) is 1.43. The fourth-order valence-corrected chi connectivity index (χ4v) is 2.78. The van der Waals surface area contributed by atoms with E-state index in [-0.39, 0.29) is 28.3 Å². The second kappa shape index (κ2) is 6.49. The average Bonchev–Trinajstić information content (AvgIpc) is 2.47. The highest BCUT2D eigenvalue weighted by atomic mass is 79.9. The smallest absolute Gasteiger partial charge is 0.144 e. The van der Waals surface area contributed by atoms with E-state index >= 15 is 0 Å². The van der Waals surface area contributed by atoms with E-state index in [1.807, 2.05) is 4.90 Å². The molecule has 0 amide bonds. The Hall–Kier alpha value is -1.21. The van der Waals surface area contributed by atoms with Crippen LogP contribution in [0, 0.1) is 17.6 Å². The second-order valence-electron chi connectivity index (χ2n) is 4.90. The van der Waals surface area contributed by atoms with Gasteiger partial charge in [-0.1, -0.05) is 5.16 Å². The highest BCUT2D eigenvalue weighted by Crippen LogP contribution is 2.25. The van der Waals surface area contributed by atoms with Gasteiger partial charge in [0, 0.05) is 18.0 Å². The van der Waals surface area contributed by atoms with Gasteiger partial charge < -0.3 is 10.9 Å². The van der Waals surface area contributed by atoms with Crippen molar-refractivity contribution in [3.63, 3.8) is 0 Å². The molecule has 7 heteroatoms. The molecule has 2 rings (SSSR count). The zero-order valence-corrected chi connectivity index (χ0v) is 12.4. The molecule has 1 aromatic carbocycles. The maximum absolute atomic E-state index is 13.9. The van der Waals surface area contributed by atoms with Gasteiger partial charge in [-0.15, -0.1) is 0 Å². The van der Waals surface area contributed by atoms with E-state index < -0.39 is 11.6 Å². The van der Waals surface area contributed by atoms with Gasteiger partial charge in [0.2, 0.25) is 0 Å². The summed E-state index contributed by atoms with van der Waals surface area (Å²) in [5, 5.41) is 11.6. The SMILES string of the molecule is N/C(=N/O)C1CCN(Cc2c(F)ccc(Br)c2F)CC1. The number of nitrogens with zero attached hydrogens (tertiary/aromatic N) is 2. The Kier molecular flexibility index (Phi) is 4.93. The Balaban J connectivity index is 2.02. The van der Waals surface area contributed by atoms with Crippen LogP contribution in [0.15, 0.2) is 21.8 Å². The van der Waals surface area contributed by atoms with Gasteiger partial charge in [-0.2, -0.15) is 0 Å². The molecule has 0 atom stereocenters. The summed E-state index contributed by atoms with van der Waals surface area (Å²) in [5.74, 6) is -0.828. The van der Waals surface area contributed by atoms with Crippen LogP contribution in [0.2, 0.25) is 0 Å². The zero-order valence-electron chi connectivity index (χ0n) is 10.8. The van der Waals surface area contributed by atoms with Crippen LogP contribution >= 0.6 is 15.9 Å². The van der Waals surface area contributed by atoms with Gasteiger partial charge in [-0.3, -0.25) is 4.90 Å². The van der Waals surface area contributed by atoms with Gasteiger partial charge in [-0.25, -0.2) is 8.78 Å². The number of benzene rings is 1. The first kappa shape index (κ1) is 15.2. The largest absolute Gasteiger partial charge is 0.409 e. The van der Waals surface area contributed by atoms with Crippen molar-refractivity contribution in [3.8, 4) is 0 Å². The van der Waals surface area contributed by atoms with Gasteiger partial charge in [0.15, 0.2) is 0 Å². The monoisotopic (exact) mass is 347 g/mol. The number of piperidine rings is 1. The number of oxime groups is 1. The van der Waals surface area contributed by atoms with E-state index in [4.69, 9.17) is 10.9 Å². The Morgan fingerprint density at radius 3 is 2.65 bits per heavy atom. The zero-order chi connectivity index (χ0) is 14.7. The lowest BCUT2D eigenvalue weighted by Gasteiger charge is -2.31. The maximum Gasteiger partial charge on any atom is 0.144 e. The molecule has 1 aliphatic heterocycles. The normalized spacial score (nSPS) is 18.4. The second-order valence-corrected chi connectivity index (χ2v) is 5.75. The predicted molar refractivity (Wildman–Crippen MR) is 75.5 cm³/mol. The molecule has 0 saturated carbocycles. The molecule has 1 fully saturated rings. The molecule has 0 aromatic heterocycles. The molecule has 20 heavy (non-hydrogen) atoms. The maximum atomic E-state index is 13.9. The molecule has 1 aliphatic rings. The van der Waals surface area contributed by atoms with Crippen LogP contribution in [0.1, 0.15) is 18.4 Å². The minimum atomic E-state index is -0.552. The molecule has 1 heterocycles. The highest BCUT2D eigenvalue weighted by molar-refractivity contribution is 9.10. The number of likely N-dealkylation sites (tertiary alicyclic amines) is 1. The van der Waals surface area contributed by atoms with E-state index in [1.54, 1.807) is 0 Å². The average molecular weight is 348 g/mol. The fraction of sp³-hybridized carbons (Fsp3) is 0.462. The van der Waals surface area contributed by atoms with Crippen LogP contribution in [0.4, 0.5) is 8.78 Å². The number of nitrogens with two attached hydrogens (primary N) is 1. The summed E-state index contributed by atoms with van der Waals surface area (Å²) in [7, 11) is 0.